The molecule has 106 valence electrons. The summed E-state index contributed by atoms with van der Waals surface area (Å²) in [5.74, 6) is 0.584. The van der Waals surface area contributed by atoms with Gasteiger partial charge in [0.2, 0.25) is 12.7 Å². The minimum Gasteiger partial charge on any atom is -0.454 e. The third-order valence-electron chi connectivity index (χ3n) is 3.10. The summed E-state index contributed by atoms with van der Waals surface area (Å²) in [4.78, 5) is 23.9. The van der Waals surface area contributed by atoms with Gasteiger partial charge in [-0.25, -0.2) is 0 Å². The lowest BCUT2D eigenvalue weighted by molar-refractivity contribution is -0.114. The number of hydrogen-bond acceptors (Lipinski definition) is 4. The van der Waals surface area contributed by atoms with Crippen LogP contribution in [0.4, 0.5) is 5.69 Å². The summed E-state index contributed by atoms with van der Waals surface area (Å²) in [6.07, 6.45) is 0. The molecule has 2 aromatic rings. The number of carbonyl (C=O) groups excluding carboxylic acids is 2. The molecule has 1 aliphatic rings. The summed E-state index contributed by atoms with van der Waals surface area (Å²) in [5, 5.41) is 2.66. The average molecular weight is 283 g/mol. The van der Waals surface area contributed by atoms with E-state index in [9.17, 15) is 9.59 Å². The van der Waals surface area contributed by atoms with E-state index in [1.807, 2.05) is 6.07 Å². The summed E-state index contributed by atoms with van der Waals surface area (Å²) in [6, 6.07) is 12.1. The Kier molecular flexibility index (Phi) is 3.31. The minimum atomic E-state index is -0.254. The SMILES string of the molecule is CC(=O)Nc1cc2c(cc1C(=O)c1ccccc1)OCO2. The number of anilines is 1. The van der Waals surface area contributed by atoms with E-state index in [-0.39, 0.29) is 18.5 Å². The van der Waals surface area contributed by atoms with Crippen LogP contribution in [-0.4, -0.2) is 18.5 Å². The van der Waals surface area contributed by atoms with Crippen LogP contribution in [0.3, 0.4) is 0 Å². The summed E-state index contributed by atoms with van der Waals surface area (Å²) in [6.45, 7) is 1.50. The smallest absolute Gasteiger partial charge is 0.231 e. The zero-order valence-corrected chi connectivity index (χ0v) is 11.4. The third-order valence-corrected chi connectivity index (χ3v) is 3.10. The molecule has 0 spiro atoms. The predicted molar refractivity (Wildman–Crippen MR) is 76.7 cm³/mol. The fourth-order valence-corrected chi connectivity index (χ4v) is 2.17. The van der Waals surface area contributed by atoms with E-state index in [0.29, 0.717) is 28.3 Å². The van der Waals surface area contributed by atoms with Crippen LogP contribution in [0.2, 0.25) is 0 Å². The number of ketones is 1. The van der Waals surface area contributed by atoms with Crippen molar-refractivity contribution in [2.45, 2.75) is 6.92 Å². The van der Waals surface area contributed by atoms with Crippen LogP contribution >= 0.6 is 0 Å². The van der Waals surface area contributed by atoms with Gasteiger partial charge in [0, 0.05) is 18.6 Å². The zero-order valence-electron chi connectivity index (χ0n) is 11.4. The number of carbonyl (C=O) groups is 2. The van der Waals surface area contributed by atoms with Crippen LogP contribution in [0.25, 0.3) is 0 Å². The van der Waals surface area contributed by atoms with Crippen LogP contribution in [0.15, 0.2) is 42.5 Å². The van der Waals surface area contributed by atoms with Crippen molar-refractivity contribution in [1.29, 1.82) is 0 Å². The first-order valence-corrected chi connectivity index (χ1v) is 6.46. The van der Waals surface area contributed by atoms with E-state index in [2.05, 4.69) is 5.32 Å². The van der Waals surface area contributed by atoms with Crippen LogP contribution in [0.1, 0.15) is 22.8 Å². The van der Waals surface area contributed by atoms with Gasteiger partial charge in [-0.2, -0.15) is 0 Å². The van der Waals surface area contributed by atoms with Crippen molar-refractivity contribution in [3.8, 4) is 11.5 Å². The van der Waals surface area contributed by atoms with E-state index >= 15 is 0 Å². The Bertz CT molecular complexity index is 710. The summed E-state index contributed by atoms with van der Waals surface area (Å²) < 4.78 is 10.6. The molecule has 0 radical (unpaired) electrons. The Morgan fingerprint density at radius 2 is 1.71 bits per heavy atom. The average Bonchev–Trinajstić information content (AvgIpc) is 2.93. The van der Waals surface area contributed by atoms with Crippen LogP contribution in [0.5, 0.6) is 11.5 Å². The highest BCUT2D eigenvalue weighted by atomic mass is 16.7. The minimum absolute atomic E-state index is 0.109. The Hall–Kier alpha value is -2.82. The molecule has 0 aliphatic carbocycles. The number of nitrogens with one attached hydrogen (secondary N) is 1. The molecule has 5 heteroatoms. The van der Waals surface area contributed by atoms with Crippen molar-refractivity contribution in [2.75, 3.05) is 12.1 Å². The summed E-state index contributed by atoms with van der Waals surface area (Å²) >= 11 is 0. The first-order chi connectivity index (χ1) is 10.1. The van der Waals surface area contributed by atoms with Gasteiger partial charge in [-0.3, -0.25) is 9.59 Å². The molecule has 1 N–H and O–H groups in total. The van der Waals surface area contributed by atoms with Gasteiger partial charge in [0.05, 0.1) is 11.3 Å². The highest BCUT2D eigenvalue weighted by Crippen LogP contribution is 2.37. The molecule has 1 aliphatic heterocycles. The maximum atomic E-state index is 12.6. The standard InChI is InChI=1S/C16H13NO4/c1-10(18)17-13-8-15-14(20-9-21-15)7-12(13)16(19)11-5-3-2-4-6-11/h2-8H,9H2,1H3,(H,17,18). The lowest BCUT2D eigenvalue weighted by Gasteiger charge is -2.10. The van der Waals surface area contributed by atoms with Crippen molar-refractivity contribution in [3.05, 3.63) is 53.6 Å². The van der Waals surface area contributed by atoms with Gasteiger partial charge in [-0.05, 0) is 6.07 Å². The lowest BCUT2D eigenvalue weighted by atomic mass is 10.0. The summed E-state index contributed by atoms with van der Waals surface area (Å²) in [7, 11) is 0. The summed E-state index contributed by atoms with van der Waals surface area (Å²) in [5.41, 5.74) is 1.34. The number of benzene rings is 2. The lowest BCUT2D eigenvalue weighted by Crippen LogP contribution is -2.11. The molecule has 1 amide bonds. The van der Waals surface area contributed by atoms with E-state index in [1.165, 1.54) is 6.92 Å². The number of fused-ring (bicyclic) bond motifs is 1. The maximum Gasteiger partial charge on any atom is 0.231 e. The molecular formula is C16H13NO4. The Morgan fingerprint density at radius 1 is 1.05 bits per heavy atom. The van der Waals surface area contributed by atoms with Crippen molar-refractivity contribution < 1.29 is 19.1 Å². The van der Waals surface area contributed by atoms with Crippen molar-refractivity contribution in [3.63, 3.8) is 0 Å². The molecule has 0 saturated carbocycles. The fourth-order valence-electron chi connectivity index (χ4n) is 2.17. The Balaban J connectivity index is 2.07. The van der Waals surface area contributed by atoms with Crippen molar-refractivity contribution >= 4 is 17.4 Å². The molecule has 0 atom stereocenters. The van der Waals surface area contributed by atoms with Gasteiger partial charge < -0.3 is 14.8 Å². The van der Waals surface area contributed by atoms with Gasteiger partial charge in [-0.1, -0.05) is 30.3 Å². The van der Waals surface area contributed by atoms with Gasteiger partial charge in [0.25, 0.3) is 0 Å². The molecule has 1 heterocycles. The highest BCUT2D eigenvalue weighted by molar-refractivity contribution is 6.14. The number of amides is 1. The molecule has 0 saturated heterocycles. The molecule has 3 rings (SSSR count). The van der Waals surface area contributed by atoms with Crippen LogP contribution in [-0.2, 0) is 4.79 Å². The second kappa shape index (κ2) is 5.28. The fraction of sp³-hybridized carbons (Fsp3) is 0.125. The van der Waals surface area contributed by atoms with Gasteiger partial charge in [0.1, 0.15) is 0 Å². The molecule has 2 aromatic carbocycles. The largest absolute Gasteiger partial charge is 0.454 e. The number of rotatable bonds is 3. The maximum absolute atomic E-state index is 12.6. The van der Waals surface area contributed by atoms with Gasteiger partial charge in [0.15, 0.2) is 17.3 Å². The number of hydrogen-bond donors (Lipinski definition) is 1. The monoisotopic (exact) mass is 283 g/mol. The molecule has 0 aromatic heterocycles. The zero-order chi connectivity index (χ0) is 14.8. The number of ether oxygens (including phenoxy) is 2. The van der Waals surface area contributed by atoms with Gasteiger partial charge >= 0.3 is 0 Å². The van der Waals surface area contributed by atoms with E-state index in [4.69, 9.17) is 9.47 Å². The van der Waals surface area contributed by atoms with E-state index in [0.717, 1.165) is 0 Å². The highest BCUT2D eigenvalue weighted by Gasteiger charge is 2.22. The van der Waals surface area contributed by atoms with E-state index < -0.39 is 0 Å². The Labute approximate surface area is 121 Å². The Morgan fingerprint density at radius 3 is 2.38 bits per heavy atom. The molecule has 0 bridgehead atoms. The van der Waals surface area contributed by atoms with E-state index in [1.54, 1.807) is 36.4 Å². The molecule has 0 unspecified atom stereocenters. The molecule has 21 heavy (non-hydrogen) atoms. The normalized spacial score (nSPS) is 12.0. The molecule has 0 fully saturated rings. The van der Waals surface area contributed by atoms with Crippen molar-refractivity contribution in [1.82, 2.24) is 0 Å². The van der Waals surface area contributed by atoms with Crippen LogP contribution < -0.4 is 14.8 Å². The topological polar surface area (TPSA) is 64.6 Å². The quantitative estimate of drug-likeness (QED) is 0.879. The third kappa shape index (κ3) is 2.58. The van der Waals surface area contributed by atoms with Crippen LogP contribution in [0, 0.1) is 0 Å². The van der Waals surface area contributed by atoms with Gasteiger partial charge in [-0.15, -0.1) is 0 Å². The first kappa shape index (κ1) is 13.2. The van der Waals surface area contributed by atoms with Crippen molar-refractivity contribution in [2.24, 2.45) is 0 Å². The first-order valence-electron chi connectivity index (χ1n) is 6.46. The molecule has 5 nitrogen and oxygen atoms in total. The second-order valence-electron chi connectivity index (χ2n) is 4.63. The second-order valence-corrected chi connectivity index (χ2v) is 4.63. The predicted octanol–water partition coefficient (Wildman–Crippen LogP) is 2.60. The molecular weight excluding hydrogens is 270 g/mol.